The van der Waals surface area contributed by atoms with Crippen LogP contribution >= 0.6 is 0 Å². The Kier molecular flexibility index (Phi) is 5.41. The van der Waals surface area contributed by atoms with Gasteiger partial charge in [0.2, 0.25) is 11.8 Å². The number of ether oxygens (including phenoxy) is 2. The molecule has 1 heterocycles. The Morgan fingerprint density at radius 1 is 1.12 bits per heavy atom. The van der Waals surface area contributed by atoms with Crippen molar-refractivity contribution in [1.82, 2.24) is 5.32 Å². The van der Waals surface area contributed by atoms with Crippen LogP contribution in [-0.4, -0.2) is 32.6 Å². The molecule has 2 aromatic carbocycles. The minimum Gasteiger partial charge on any atom is -0.497 e. The molecule has 1 aliphatic heterocycles. The summed E-state index contributed by atoms with van der Waals surface area (Å²) in [6.45, 7) is 0.774. The Hall–Kier alpha value is -3.02. The summed E-state index contributed by atoms with van der Waals surface area (Å²) in [5, 5.41) is 2.91. The van der Waals surface area contributed by atoms with E-state index < -0.39 is 0 Å². The van der Waals surface area contributed by atoms with Gasteiger partial charge in [-0.25, -0.2) is 0 Å². The van der Waals surface area contributed by atoms with Crippen LogP contribution in [-0.2, 0) is 16.1 Å². The average molecular weight is 354 g/mol. The van der Waals surface area contributed by atoms with Crippen LogP contribution in [0.4, 0.5) is 5.69 Å². The fourth-order valence-corrected chi connectivity index (χ4v) is 3.05. The van der Waals surface area contributed by atoms with Gasteiger partial charge in [-0.1, -0.05) is 24.3 Å². The number of para-hydroxylation sites is 2. The van der Waals surface area contributed by atoms with Crippen molar-refractivity contribution in [3.63, 3.8) is 0 Å². The first-order valence-corrected chi connectivity index (χ1v) is 8.46. The van der Waals surface area contributed by atoms with Crippen LogP contribution in [0.2, 0.25) is 0 Å². The summed E-state index contributed by atoms with van der Waals surface area (Å²) < 4.78 is 10.4. The third-order valence-electron chi connectivity index (χ3n) is 4.50. The first-order valence-electron chi connectivity index (χ1n) is 8.46. The van der Waals surface area contributed by atoms with Crippen LogP contribution < -0.4 is 19.7 Å². The minimum atomic E-state index is -0.370. The summed E-state index contributed by atoms with van der Waals surface area (Å²) in [6, 6.07) is 14.8. The van der Waals surface area contributed by atoms with Gasteiger partial charge in [0.15, 0.2) is 0 Å². The van der Waals surface area contributed by atoms with Crippen molar-refractivity contribution in [3.8, 4) is 11.5 Å². The zero-order chi connectivity index (χ0) is 18.5. The van der Waals surface area contributed by atoms with Gasteiger partial charge in [0, 0.05) is 19.5 Å². The lowest BCUT2D eigenvalue weighted by molar-refractivity contribution is -0.126. The molecule has 1 saturated heterocycles. The average Bonchev–Trinajstić information content (AvgIpc) is 3.08. The molecule has 1 aliphatic rings. The molecule has 0 bridgehead atoms. The number of hydrogen-bond donors (Lipinski definition) is 1. The highest BCUT2D eigenvalue weighted by molar-refractivity contribution is 6.01. The molecule has 1 N–H and O–H groups in total. The Labute approximate surface area is 152 Å². The first-order chi connectivity index (χ1) is 12.6. The molecule has 1 atom stereocenters. The van der Waals surface area contributed by atoms with E-state index in [1.807, 2.05) is 42.5 Å². The maximum Gasteiger partial charge on any atom is 0.227 e. The van der Waals surface area contributed by atoms with E-state index in [-0.39, 0.29) is 24.2 Å². The number of amides is 2. The Bertz CT molecular complexity index is 789. The number of nitrogens with zero attached hydrogens (tertiary/aromatic N) is 1. The number of carbonyl (C=O) groups is 2. The number of carbonyl (C=O) groups excluding carboxylic acids is 2. The summed E-state index contributed by atoms with van der Waals surface area (Å²) >= 11 is 0. The fraction of sp³-hybridized carbons (Fsp3) is 0.300. The second kappa shape index (κ2) is 7.91. The predicted octanol–water partition coefficient (Wildman–Crippen LogP) is 2.37. The third-order valence-corrected chi connectivity index (χ3v) is 4.50. The summed E-state index contributed by atoms with van der Waals surface area (Å²) in [6.07, 6.45) is 0.201. The highest BCUT2D eigenvalue weighted by Crippen LogP contribution is 2.32. The van der Waals surface area contributed by atoms with Crippen molar-refractivity contribution in [2.45, 2.75) is 13.0 Å². The van der Waals surface area contributed by atoms with Crippen molar-refractivity contribution in [3.05, 3.63) is 54.1 Å². The van der Waals surface area contributed by atoms with Crippen LogP contribution in [0.3, 0.4) is 0 Å². The zero-order valence-electron chi connectivity index (χ0n) is 14.9. The van der Waals surface area contributed by atoms with Crippen molar-refractivity contribution < 1.29 is 19.1 Å². The Balaban J connectivity index is 1.61. The van der Waals surface area contributed by atoms with Gasteiger partial charge in [-0.15, -0.1) is 0 Å². The van der Waals surface area contributed by atoms with Gasteiger partial charge in [-0.2, -0.15) is 0 Å². The molecule has 0 radical (unpaired) electrons. The highest BCUT2D eigenvalue weighted by Gasteiger charge is 2.36. The summed E-state index contributed by atoms with van der Waals surface area (Å²) in [5.74, 6) is 0.838. The summed E-state index contributed by atoms with van der Waals surface area (Å²) in [5.41, 5.74) is 1.68. The molecule has 2 aromatic rings. The van der Waals surface area contributed by atoms with Gasteiger partial charge in [-0.3, -0.25) is 9.59 Å². The van der Waals surface area contributed by atoms with E-state index in [9.17, 15) is 9.59 Å². The molecular weight excluding hydrogens is 332 g/mol. The van der Waals surface area contributed by atoms with Crippen LogP contribution in [0.15, 0.2) is 48.5 Å². The quantitative estimate of drug-likeness (QED) is 0.865. The number of benzene rings is 2. The van der Waals surface area contributed by atoms with E-state index in [0.717, 1.165) is 11.3 Å². The maximum atomic E-state index is 12.5. The molecule has 0 spiro atoms. The van der Waals surface area contributed by atoms with Gasteiger partial charge in [-0.05, 0) is 29.8 Å². The van der Waals surface area contributed by atoms with Crippen LogP contribution in [0, 0.1) is 5.92 Å². The minimum absolute atomic E-state index is 0.0703. The monoisotopic (exact) mass is 354 g/mol. The van der Waals surface area contributed by atoms with Gasteiger partial charge in [0.25, 0.3) is 0 Å². The standard InChI is InChI=1S/C20H22N2O4/c1-25-16-9-7-14(8-10-16)12-21-20(24)15-11-19(23)22(13-15)17-5-3-4-6-18(17)26-2/h3-10,15H,11-13H2,1-2H3,(H,21,24). The lowest BCUT2D eigenvalue weighted by Gasteiger charge is -2.19. The van der Waals surface area contributed by atoms with Gasteiger partial charge in [0.05, 0.1) is 25.8 Å². The normalized spacial score (nSPS) is 16.5. The third kappa shape index (κ3) is 3.79. The second-order valence-electron chi connectivity index (χ2n) is 6.14. The molecular formula is C20H22N2O4. The molecule has 6 heteroatoms. The van der Waals surface area contributed by atoms with Gasteiger partial charge >= 0.3 is 0 Å². The lowest BCUT2D eigenvalue weighted by Crippen LogP contribution is -2.32. The molecule has 1 unspecified atom stereocenters. The van der Waals surface area contributed by atoms with E-state index in [1.54, 1.807) is 25.2 Å². The van der Waals surface area contributed by atoms with Crippen molar-refractivity contribution in [1.29, 1.82) is 0 Å². The first kappa shape index (κ1) is 17.8. The molecule has 2 amide bonds. The fourth-order valence-electron chi connectivity index (χ4n) is 3.05. The smallest absolute Gasteiger partial charge is 0.227 e. The number of methoxy groups -OCH3 is 2. The van der Waals surface area contributed by atoms with Crippen molar-refractivity contribution >= 4 is 17.5 Å². The van der Waals surface area contributed by atoms with Crippen molar-refractivity contribution in [2.75, 3.05) is 25.7 Å². The largest absolute Gasteiger partial charge is 0.497 e. The van der Waals surface area contributed by atoms with E-state index in [0.29, 0.717) is 24.5 Å². The van der Waals surface area contributed by atoms with Gasteiger partial charge < -0.3 is 19.7 Å². The number of hydrogen-bond acceptors (Lipinski definition) is 4. The van der Waals surface area contributed by atoms with Crippen LogP contribution in [0.1, 0.15) is 12.0 Å². The molecule has 136 valence electrons. The van der Waals surface area contributed by atoms with Crippen molar-refractivity contribution in [2.24, 2.45) is 5.92 Å². The lowest BCUT2D eigenvalue weighted by atomic mass is 10.1. The molecule has 26 heavy (non-hydrogen) atoms. The van der Waals surface area contributed by atoms with E-state index in [2.05, 4.69) is 5.32 Å². The van der Waals surface area contributed by atoms with E-state index >= 15 is 0 Å². The van der Waals surface area contributed by atoms with E-state index in [1.165, 1.54) is 0 Å². The van der Waals surface area contributed by atoms with E-state index in [4.69, 9.17) is 9.47 Å². The predicted molar refractivity (Wildman–Crippen MR) is 98.3 cm³/mol. The summed E-state index contributed by atoms with van der Waals surface area (Å²) in [4.78, 5) is 26.5. The highest BCUT2D eigenvalue weighted by atomic mass is 16.5. The van der Waals surface area contributed by atoms with Crippen LogP contribution in [0.5, 0.6) is 11.5 Å². The topological polar surface area (TPSA) is 67.9 Å². The molecule has 0 aromatic heterocycles. The second-order valence-corrected chi connectivity index (χ2v) is 6.14. The molecule has 0 aliphatic carbocycles. The summed E-state index contributed by atoms with van der Waals surface area (Å²) in [7, 11) is 3.18. The SMILES string of the molecule is COc1ccc(CNC(=O)C2CC(=O)N(c3ccccc3OC)C2)cc1. The van der Waals surface area contributed by atoms with Gasteiger partial charge in [0.1, 0.15) is 11.5 Å². The molecule has 1 fully saturated rings. The Morgan fingerprint density at radius 2 is 1.85 bits per heavy atom. The zero-order valence-corrected chi connectivity index (χ0v) is 14.9. The molecule has 6 nitrogen and oxygen atoms in total. The van der Waals surface area contributed by atoms with Crippen LogP contribution in [0.25, 0.3) is 0 Å². The Morgan fingerprint density at radius 3 is 2.54 bits per heavy atom. The number of anilines is 1. The number of rotatable bonds is 6. The number of nitrogens with one attached hydrogen (secondary N) is 1. The molecule has 0 saturated carbocycles. The molecule has 3 rings (SSSR count). The maximum absolute atomic E-state index is 12.5.